The van der Waals surface area contributed by atoms with Crippen molar-refractivity contribution in [2.75, 3.05) is 0 Å². The molecule has 1 amide bonds. The number of hydrogen-bond donors (Lipinski definition) is 3. The maximum atomic E-state index is 11.8. The van der Waals surface area contributed by atoms with Gasteiger partial charge >= 0.3 is 0 Å². The molecule has 0 aliphatic heterocycles. The van der Waals surface area contributed by atoms with Crippen LogP contribution in [0.4, 0.5) is 0 Å². The summed E-state index contributed by atoms with van der Waals surface area (Å²) in [5.41, 5.74) is 4.29. The summed E-state index contributed by atoms with van der Waals surface area (Å²) in [4.78, 5) is 11.8. The lowest BCUT2D eigenvalue weighted by Crippen LogP contribution is -2.49. The first-order chi connectivity index (χ1) is 8.85. The largest absolute Gasteiger partial charge is 0.467 e. The molecular weight excluding hydrogens is 309 g/mol. The molecule has 1 aromatic heterocycles. The fourth-order valence-electron chi connectivity index (χ4n) is 1.52. The SMILES string of the molecule is C[C@@]1(C(=O)NNC(=S)NCc2ccco2)CC1(Cl)Cl. The Morgan fingerprint density at radius 2 is 2.21 bits per heavy atom. The van der Waals surface area contributed by atoms with E-state index in [4.69, 9.17) is 39.8 Å². The highest BCUT2D eigenvalue weighted by Crippen LogP contribution is 2.63. The Balaban J connectivity index is 1.71. The van der Waals surface area contributed by atoms with Gasteiger partial charge in [-0.1, -0.05) is 0 Å². The molecule has 8 heteroatoms. The number of thiocarbonyl (C=S) groups is 1. The highest BCUT2D eigenvalue weighted by molar-refractivity contribution is 7.80. The molecule has 1 aromatic rings. The molecule has 2 rings (SSSR count). The lowest BCUT2D eigenvalue weighted by molar-refractivity contribution is -0.126. The highest BCUT2D eigenvalue weighted by Gasteiger charge is 2.68. The minimum absolute atomic E-state index is 0.281. The van der Waals surface area contributed by atoms with Crippen molar-refractivity contribution in [1.82, 2.24) is 16.2 Å². The van der Waals surface area contributed by atoms with Gasteiger partial charge in [-0.05, 0) is 37.7 Å². The first kappa shape index (κ1) is 14.4. The lowest BCUT2D eigenvalue weighted by atomic mass is 10.1. The van der Waals surface area contributed by atoms with Crippen LogP contribution in [0.5, 0.6) is 0 Å². The van der Waals surface area contributed by atoms with E-state index >= 15 is 0 Å². The van der Waals surface area contributed by atoms with E-state index in [0.29, 0.717) is 13.0 Å². The Morgan fingerprint density at radius 1 is 1.53 bits per heavy atom. The standard InChI is InChI=1S/C11H13Cl2N3O2S/c1-10(6-11(10,12)13)8(17)15-16-9(19)14-5-7-3-2-4-18-7/h2-4H,5-6H2,1H3,(H,15,17)(H2,14,16,19)/t10-/m0/s1. The van der Waals surface area contributed by atoms with E-state index in [1.165, 1.54) is 0 Å². The molecule has 1 heterocycles. The Hall–Kier alpha value is -0.980. The number of carbonyl (C=O) groups excluding carboxylic acids is 1. The van der Waals surface area contributed by atoms with Crippen molar-refractivity contribution in [3.8, 4) is 0 Å². The minimum Gasteiger partial charge on any atom is -0.467 e. The predicted molar refractivity (Wildman–Crippen MR) is 76.6 cm³/mol. The summed E-state index contributed by atoms with van der Waals surface area (Å²) in [6.07, 6.45) is 1.99. The summed E-state index contributed by atoms with van der Waals surface area (Å²) >= 11 is 16.8. The Labute approximate surface area is 126 Å². The first-order valence-corrected chi connectivity index (χ1v) is 6.76. The van der Waals surface area contributed by atoms with Crippen molar-refractivity contribution in [2.45, 2.75) is 24.2 Å². The molecule has 104 valence electrons. The van der Waals surface area contributed by atoms with Crippen molar-refractivity contribution in [2.24, 2.45) is 5.41 Å². The number of nitrogens with one attached hydrogen (secondary N) is 3. The lowest BCUT2D eigenvalue weighted by Gasteiger charge is -2.15. The predicted octanol–water partition coefficient (Wildman–Crippen LogP) is 1.86. The zero-order valence-electron chi connectivity index (χ0n) is 10.1. The van der Waals surface area contributed by atoms with E-state index in [0.717, 1.165) is 5.76 Å². The highest BCUT2D eigenvalue weighted by atomic mass is 35.5. The quantitative estimate of drug-likeness (QED) is 0.450. The van der Waals surface area contributed by atoms with E-state index in [2.05, 4.69) is 16.2 Å². The zero-order chi connectivity index (χ0) is 14.1. The van der Waals surface area contributed by atoms with E-state index in [9.17, 15) is 4.79 Å². The number of hydrogen-bond acceptors (Lipinski definition) is 3. The molecule has 1 saturated carbocycles. The van der Waals surface area contributed by atoms with Gasteiger partial charge in [0.15, 0.2) is 5.11 Å². The van der Waals surface area contributed by atoms with Crippen molar-refractivity contribution < 1.29 is 9.21 Å². The Morgan fingerprint density at radius 3 is 2.74 bits per heavy atom. The van der Waals surface area contributed by atoms with Gasteiger partial charge in [-0.15, -0.1) is 23.2 Å². The summed E-state index contributed by atoms with van der Waals surface area (Å²) in [5, 5.41) is 3.16. The number of amides is 1. The number of furan rings is 1. The van der Waals surface area contributed by atoms with Gasteiger partial charge in [-0.3, -0.25) is 15.6 Å². The van der Waals surface area contributed by atoms with Crippen molar-refractivity contribution >= 4 is 46.4 Å². The van der Waals surface area contributed by atoms with Gasteiger partial charge in [0, 0.05) is 0 Å². The smallest absolute Gasteiger partial charge is 0.247 e. The maximum Gasteiger partial charge on any atom is 0.247 e. The van der Waals surface area contributed by atoms with Crippen LogP contribution in [0.2, 0.25) is 0 Å². The van der Waals surface area contributed by atoms with Crippen LogP contribution in [-0.2, 0) is 11.3 Å². The Bertz CT molecular complexity index is 492. The minimum atomic E-state index is -0.998. The Kier molecular flexibility index (Phi) is 3.94. The van der Waals surface area contributed by atoms with Crippen LogP contribution >= 0.6 is 35.4 Å². The summed E-state index contributed by atoms with van der Waals surface area (Å²) in [6.45, 7) is 2.13. The summed E-state index contributed by atoms with van der Waals surface area (Å²) < 4.78 is 4.13. The van der Waals surface area contributed by atoms with Gasteiger partial charge in [0.2, 0.25) is 5.91 Å². The van der Waals surface area contributed by atoms with Gasteiger partial charge in [0.1, 0.15) is 10.1 Å². The fourth-order valence-corrected chi connectivity index (χ4v) is 2.35. The molecule has 19 heavy (non-hydrogen) atoms. The van der Waals surface area contributed by atoms with E-state index < -0.39 is 9.75 Å². The number of alkyl halides is 2. The van der Waals surface area contributed by atoms with Gasteiger partial charge in [-0.25, -0.2) is 0 Å². The van der Waals surface area contributed by atoms with E-state index in [1.807, 2.05) is 6.07 Å². The molecule has 3 N–H and O–H groups in total. The zero-order valence-corrected chi connectivity index (χ0v) is 12.5. The van der Waals surface area contributed by atoms with Crippen LogP contribution in [0.15, 0.2) is 22.8 Å². The fraction of sp³-hybridized carbons (Fsp3) is 0.455. The van der Waals surface area contributed by atoms with Crippen LogP contribution in [-0.4, -0.2) is 15.4 Å². The molecule has 0 bridgehead atoms. The molecule has 0 radical (unpaired) electrons. The summed E-state index contributed by atoms with van der Waals surface area (Å²) in [7, 11) is 0. The third-order valence-corrected chi connectivity index (χ3v) is 4.40. The van der Waals surface area contributed by atoms with Gasteiger partial charge in [0.25, 0.3) is 0 Å². The molecule has 0 aromatic carbocycles. The van der Waals surface area contributed by atoms with Crippen molar-refractivity contribution in [3.63, 3.8) is 0 Å². The molecule has 1 aliphatic carbocycles. The van der Waals surface area contributed by atoms with E-state index in [1.54, 1.807) is 19.3 Å². The molecular formula is C11H13Cl2N3O2S. The maximum absolute atomic E-state index is 11.8. The number of rotatable bonds is 3. The van der Waals surface area contributed by atoms with Gasteiger partial charge in [0.05, 0.1) is 18.2 Å². The topological polar surface area (TPSA) is 66.3 Å². The second kappa shape index (κ2) is 5.19. The average molecular weight is 322 g/mol. The molecule has 1 aliphatic rings. The third kappa shape index (κ3) is 3.13. The monoisotopic (exact) mass is 321 g/mol. The molecule has 0 spiro atoms. The van der Waals surface area contributed by atoms with Crippen molar-refractivity contribution in [3.05, 3.63) is 24.2 Å². The molecule has 5 nitrogen and oxygen atoms in total. The van der Waals surface area contributed by atoms with Crippen LogP contribution in [0.25, 0.3) is 0 Å². The summed E-state index contributed by atoms with van der Waals surface area (Å²) in [6, 6.07) is 3.60. The van der Waals surface area contributed by atoms with E-state index in [-0.39, 0.29) is 11.0 Å². The van der Waals surface area contributed by atoms with Crippen LogP contribution in [0.3, 0.4) is 0 Å². The van der Waals surface area contributed by atoms with Crippen molar-refractivity contribution in [1.29, 1.82) is 0 Å². The average Bonchev–Trinajstić information content (AvgIpc) is 2.73. The summed E-state index contributed by atoms with van der Waals surface area (Å²) in [5.74, 6) is 0.449. The number of carbonyl (C=O) groups is 1. The number of halogens is 2. The third-order valence-electron chi connectivity index (χ3n) is 3.05. The van der Waals surface area contributed by atoms with Gasteiger partial charge < -0.3 is 9.73 Å². The number of hydrazine groups is 1. The van der Waals surface area contributed by atoms with Crippen LogP contribution in [0, 0.1) is 5.41 Å². The first-order valence-electron chi connectivity index (χ1n) is 5.60. The second-order valence-corrected chi connectivity index (χ2v) is 6.45. The van der Waals surface area contributed by atoms with Crippen LogP contribution in [0.1, 0.15) is 19.1 Å². The van der Waals surface area contributed by atoms with Gasteiger partial charge in [-0.2, -0.15) is 0 Å². The molecule has 0 saturated heterocycles. The van der Waals surface area contributed by atoms with Crippen LogP contribution < -0.4 is 16.2 Å². The normalized spacial score (nSPS) is 23.5. The molecule has 1 fully saturated rings. The molecule has 0 unspecified atom stereocenters. The second-order valence-electron chi connectivity index (χ2n) is 4.55. The molecule has 1 atom stereocenters.